The molecule has 0 atom stereocenters. The predicted octanol–water partition coefficient (Wildman–Crippen LogP) is 2.76. The standard InChI is InChI=1S/C13H14ClNO3S/c1-10-2-3-12(14)8-13(10)19(16,17)15-6-4-11-5-7-18-9-11/h2-3,5,7-9,15H,4,6H2,1H3. The van der Waals surface area contributed by atoms with E-state index >= 15 is 0 Å². The van der Waals surface area contributed by atoms with Crippen molar-refractivity contribution >= 4 is 21.6 Å². The molecular weight excluding hydrogens is 286 g/mol. The molecule has 2 rings (SSSR count). The first kappa shape index (κ1) is 14.1. The molecule has 0 saturated heterocycles. The van der Waals surface area contributed by atoms with Gasteiger partial charge in [-0.15, -0.1) is 0 Å². The average molecular weight is 300 g/mol. The highest BCUT2D eigenvalue weighted by molar-refractivity contribution is 7.89. The number of rotatable bonds is 5. The fourth-order valence-corrected chi connectivity index (χ4v) is 3.24. The molecular formula is C13H14ClNO3S. The number of furan rings is 1. The van der Waals surface area contributed by atoms with Crippen LogP contribution in [-0.4, -0.2) is 15.0 Å². The molecule has 0 aliphatic rings. The van der Waals surface area contributed by atoms with Crippen LogP contribution in [0, 0.1) is 6.92 Å². The maximum Gasteiger partial charge on any atom is 0.240 e. The summed E-state index contributed by atoms with van der Waals surface area (Å²) in [6.07, 6.45) is 3.74. The van der Waals surface area contributed by atoms with Crippen molar-refractivity contribution in [3.63, 3.8) is 0 Å². The molecule has 0 radical (unpaired) electrons. The molecule has 2 aromatic rings. The Morgan fingerprint density at radius 2 is 2.11 bits per heavy atom. The van der Waals surface area contributed by atoms with Gasteiger partial charge in [0.05, 0.1) is 17.4 Å². The summed E-state index contributed by atoms with van der Waals surface area (Å²) in [5.41, 5.74) is 1.62. The van der Waals surface area contributed by atoms with Crippen molar-refractivity contribution in [3.8, 4) is 0 Å². The molecule has 1 N–H and O–H groups in total. The lowest BCUT2D eigenvalue weighted by Gasteiger charge is -2.09. The monoisotopic (exact) mass is 299 g/mol. The Kier molecular flexibility index (Phi) is 4.29. The zero-order valence-corrected chi connectivity index (χ0v) is 12.0. The van der Waals surface area contributed by atoms with Crippen LogP contribution < -0.4 is 4.72 Å². The molecule has 4 nitrogen and oxygen atoms in total. The normalized spacial score (nSPS) is 11.7. The maximum absolute atomic E-state index is 12.1. The van der Waals surface area contributed by atoms with Crippen molar-refractivity contribution in [2.45, 2.75) is 18.2 Å². The molecule has 102 valence electrons. The summed E-state index contributed by atoms with van der Waals surface area (Å²) in [7, 11) is -3.53. The third-order valence-corrected chi connectivity index (χ3v) is 4.56. The Morgan fingerprint density at radius 1 is 1.32 bits per heavy atom. The van der Waals surface area contributed by atoms with Gasteiger partial charge in [0.15, 0.2) is 0 Å². The predicted molar refractivity (Wildman–Crippen MR) is 73.8 cm³/mol. The van der Waals surface area contributed by atoms with Crippen LogP contribution in [0.5, 0.6) is 0 Å². The van der Waals surface area contributed by atoms with Gasteiger partial charge in [0.1, 0.15) is 0 Å². The van der Waals surface area contributed by atoms with Gasteiger partial charge in [-0.2, -0.15) is 0 Å². The van der Waals surface area contributed by atoms with E-state index < -0.39 is 10.0 Å². The van der Waals surface area contributed by atoms with Crippen LogP contribution in [0.2, 0.25) is 5.02 Å². The molecule has 0 amide bonds. The van der Waals surface area contributed by atoms with Gasteiger partial charge >= 0.3 is 0 Å². The number of aryl methyl sites for hydroxylation is 1. The van der Waals surface area contributed by atoms with E-state index in [9.17, 15) is 8.42 Å². The van der Waals surface area contributed by atoms with Crippen LogP contribution in [0.3, 0.4) is 0 Å². The van der Waals surface area contributed by atoms with Crippen molar-refractivity contribution in [3.05, 3.63) is 52.9 Å². The van der Waals surface area contributed by atoms with Gasteiger partial charge in [-0.05, 0) is 42.7 Å². The Bertz CT molecular complexity index is 651. The first-order valence-electron chi connectivity index (χ1n) is 5.76. The zero-order chi connectivity index (χ0) is 13.9. The van der Waals surface area contributed by atoms with Crippen LogP contribution in [-0.2, 0) is 16.4 Å². The van der Waals surface area contributed by atoms with E-state index in [1.54, 1.807) is 37.6 Å². The molecule has 0 unspecified atom stereocenters. The van der Waals surface area contributed by atoms with E-state index in [4.69, 9.17) is 16.0 Å². The minimum atomic E-state index is -3.53. The van der Waals surface area contributed by atoms with E-state index in [1.807, 2.05) is 0 Å². The summed E-state index contributed by atoms with van der Waals surface area (Å²) in [5.74, 6) is 0. The largest absolute Gasteiger partial charge is 0.472 e. The second-order valence-electron chi connectivity index (χ2n) is 4.19. The molecule has 1 heterocycles. The zero-order valence-electron chi connectivity index (χ0n) is 10.4. The summed E-state index contributed by atoms with van der Waals surface area (Å²) in [4.78, 5) is 0.215. The molecule has 0 bridgehead atoms. The van der Waals surface area contributed by atoms with E-state index in [-0.39, 0.29) is 4.90 Å². The van der Waals surface area contributed by atoms with Crippen molar-refractivity contribution < 1.29 is 12.8 Å². The van der Waals surface area contributed by atoms with Crippen LogP contribution in [0.25, 0.3) is 0 Å². The van der Waals surface area contributed by atoms with Crippen molar-refractivity contribution in [1.29, 1.82) is 0 Å². The second kappa shape index (κ2) is 5.77. The molecule has 0 fully saturated rings. The van der Waals surface area contributed by atoms with Crippen LogP contribution in [0.1, 0.15) is 11.1 Å². The Hall–Kier alpha value is -1.30. The summed E-state index contributed by atoms with van der Waals surface area (Å²) in [5, 5.41) is 0.404. The summed E-state index contributed by atoms with van der Waals surface area (Å²) < 4.78 is 31.8. The summed E-state index contributed by atoms with van der Waals surface area (Å²) in [6.45, 7) is 2.05. The van der Waals surface area contributed by atoms with Gasteiger partial charge in [-0.1, -0.05) is 17.7 Å². The molecule has 0 spiro atoms. The lowest BCUT2D eigenvalue weighted by Crippen LogP contribution is -2.26. The fourth-order valence-electron chi connectivity index (χ4n) is 1.71. The maximum atomic E-state index is 12.1. The number of hydrogen-bond donors (Lipinski definition) is 1. The molecule has 0 aliphatic heterocycles. The quantitative estimate of drug-likeness (QED) is 0.923. The van der Waals surface area contributed by atoms with Crippen LogP contribution in [0.4, 0.5) is 0 Å². The van der Waals surface area contributed by atoms with E-state index in [1.165, 1.54) is 6.07 Å². The van der Waals surface area contributed by atoms with Crippen molar-refractivity contribution in [2.75, 3.05) is 6.54 Å². The van der Waals surface area contributed by atoms with Crippen LogP contribution >= 0.6 is 11.6 Å². The Morgan fingerprint density at radius 3 is 2.79 bits per heavy atom. The molecule has 0 saturated carbocycles. The third-order valence-electron chi connectivity index (χ3n) is 2.73. The number of hydrogen-bond acceptors (Lipinski definition) is 3. The smallest absolute Gasteiger partial charge is 0.240 e. The van der Waals surface area contributed by atoms with Crippen molar-refractivity contribution in [2.24, 2.45) is 0 Å². The summed E-state index contributed by atoms with van der Waals surface area (Å²) >= 11 is 5.83. The van der Waals surface area contributed by atoms with Gasteiger partial charge in [0.25, 0.3) is 0 Å². The van der Waals surface area contributed by atoms with Crippen molar-refractivity contribution in [1.82, 2.24) is 4.72 Å². The van der Waals surface area contributed by atoms with Gasteiger partial charge < -0.3 is 4.42 Å². The van der Waals surface area contributed by atoms with E-state index in [0.29, 0.717) is 23.6 Å². The summed E-state index contributed by atoms with van der Waals surface area (Å²) in [6, 6.07) is 6.62. The minimum Gasteiger partial charge on any atom is -0.472 e. The van der Waals surface area contributed by atoms with Gasteiger partial charge in [-0.3, -0.25) is 0 Å². The Labute approximate surface area is 117 Å². The number of nitrogens with one attached hydrogen (secondary N) is 1. The first-order chi connectivity index (χ1) is 8.99. The van der Waals surface area contributed by atoms with Gasteiger partial charge in [0.2, 0.25) is 10.0 Å². The average Bonchev–Trinajstić information content (AvgIpc) is 2.85. The van der Waals surface area contributed by atoms with E-state index in [0.717, 1.165) is 5.56 Å². The molecule has 1 aromatic carbocycles. The van der Waals surface area contributed by atoms with Gasteiger partial charge in [-0.25, -0.2) is 13.1 Å². The van der Waals surface area contributed by atoms with Crippen LogP contribution in [0.15, 0.2) is 46.1 Å². The SMILES string of the molecule is Cc1ccc(Cl)cc1S(=O)(=O)NCCc1ccoc1. The number of benzene rings is 1. The lowest BCUT2D eigenvalue weighted by molar-refractivity contribution is 0.562. The molecule has 19 heavy (non-hydrogen) atoms. The molecule has 1 aromatic heterocycles. The fraction of sp³-hybridized carbons (Fsp3) is 0.231. The number of halogens is 1. The van der Waals surface area contributed by atoms with E-state index in [2.05, 4.69) is 4.72 Å². The Balaban J connectivity index is 2.07. The molecule has 0 aliphatic carbocycles. The highest BCUT2D eigenvalue weighted by atomic mass is 35.5. The second-order valence-corrected chi connectivity index (χ2v) is 6.36. The lowest BCUT2D eigenvalue weighted by atomic mass is 10.2. The minimum absolute atomic E-state index is 0.215. The highest BCUT2D eigenvalue weighted by Crippen LogP contribution is 2.19. The number of sulfonamides is 1. The topological polar surface area (TPSA) is 59.3 Å². The molecule has 6 heteroatoms. The highest BCUT2D eigenvalue weighted by Gasteiger charge is 2.16. The third kappa shape index (κ3) is 3.59. The first-order valence-corrected chi connectivity index (χ1v) is 7.62. The van der Waals surface area contributed by atoms with Gasteiger partial charge in [0, 0.05) is 11.6 Å².